The van der Waals surface area contributed by atoms with E-state index < -0.39 is 0 Å². The maximum Gasteiger partial charge on any atom is 0.415 e. The van der Waals surface area contributed by atoms with E-state index in [2.05, 4.69) is 0 Å². The third-order valence-electron chi connectivity index (χ3n) is 2.82. The third-order valence-corrected chi connectivity index (χ3v) is 3.24. The number of halogens is 1. The van der Waals surface area contributed by atoms with Crippen molar-refractivity contribution < 1.29 is 9.53 Å². The predicted molar refractivity (Wildman–Crippen MR) is 66.4 cm³/mol. The van der Waals surface area contributed by atoms with Crippen LogP contribution in [0.1, 0.15) is 12.0 Å². The second-order valence-electron chi connectivity index (χ2n) is 4.27. The Morgan fingerprint density at radius 2 is 2.35 bits per heavy atom. The van der Waals surface area contributed by atoms with E-state index >= 15 is 0 Å². The number of nitrogens with two attached hydrogens (primary N) is 1. The van der Waals surface area contributed by atoms with Gasteiger partial charge in [0.05, 0.1) is 0 Å². The molecule has 0 spiro atoms. The number of aryl methyl sites for hydroxylation is 1. The summed E-state index contributed by atoms with van der Waals surface area (Å²) in [7, 11) is 0. The maximum absolute atomic E-state index is 11.8. The fourth-order valence-electron chi connectivity index (χ4n) is 1.80. The van der Waals surface area contributed by atoms with E-state index in [-0.39, 0.29) is 12.1 Å². The Morgan fingerprint density at radius 1 is 1.59 bits per heavy atom. The van der Waals surface area contributed by atoms with Gasteiger partial charge in [-0.3, -0.25) is 0 Å². The highest BCUT2D eigenvalue weighted by Crippen LogP contribution is 2.22. The minimum atomic E-state index is -0.348. The van der Waals surface area contributed by atoms with Crippen molar-refractivity contribution in [3.8, 4) is 5.75 Å². The molecule has 0 radical (unpaired) electrons. The van der Waals surface area contributed by atoms with Gasteiger partial charge in [-0.2, -0.15) is 0 Å². The first-order valence-corrected chi connectivity index (χ1v) is 5.92. The smallest absolute Gasteiger partial charge is 0.410 e. The molecular weight excluding hydrogens is 240 g/mol. The average molecular weight is 255 g/mol. The number of carbonyl (C=O) groups excluding carboxylic acids is 1. The lowest BCUT2D eigenvalue weighted by molar-refractivity contribution is 0.162. The predicted octanol–water partition coefficient (Wildman–Crippen LogP) is 2.18. The zero-order chi connectivity index (χ0) is 12.4. The highest BCUT2D eigenvalue weighted by molar-refractivity contribution is 6.31. The zero-order valence-electron chi connectivity index (χ0n) is 9.65. The molecule has 1 unspecified atom stereocenters. The van der Waals surface area contributed by atoms with Crippen LogP contribution in [0.25, 0.3) is 0 Å². The maximum atomic E-state index is 11.8. The molecule has 1 aromatic carbocycles. The Labute approximate surface area is 105 Å². The van der Waals surface area contributed by atoms with Gasteiger partial charge in [-0.1, -0.05) is 11.6 Å². The minimum absolute atomic E-state index is 0.0644. The van der Waals surface area contributed by atoms with Crippen LogP contribution in [0, 0.1) is 6.92 Å². The Hall–Kier alpha value is -1.26. The number of benzene rings is 1. The van der Waals surface area contributed by atoms with Crippen molar-refractivity contribution >= 4 is 17.7 Å². The van der Waals surface area contributed by atoms with Crippen LogP contribution in [0.15, 0.2) is 18.2 Å². The summed E-state index contributed by atoms with van der Waals surface area (Å²) in [6.07, 6.45) is 0.481. The molecule has 0 aliphatic carbocycles. The molecule has 92 valence electrons. The molecule has 1 amide bonds. The van der Waals surface area contributed by atoms with Gasteiger partial charge in [-0.25, -0.2) is 4.79 Å². The highest BCUT2D eigenvalue weighted by Gasteiger charge is 2.25. The molecule has 0 aromatic heterocycles. The quantitative estimate of drug-likeness (QED) is 0.836. The SMILES string of the molecule is Cc1cc(OC(=O)N2CCC(N)C2)ccc1Cl. The van der Waals surface area contributed by atoms with E-state index in [4.69, 9.17) is 22.1 Å². The second kappa shape index (κ2) is 4.94. The minimum Gasteiger partial charge on any atom is -0.410 e. The summed E-state index contributed by atoms with van der Waals surface area (Å²) in [5.41, 5.74) is 6.62. The first-order valence-electron chi connectivity index (χ1n) is 5.55. The largest absolute Gasteiger partial charge is 0.415 e. The van der Waals surface area contributed by atoms with Crippen molar-refractivity contribution in [2.45, 2.75) is 19.4 Å². The molecule has 4 nitrogen and oxygen atoms in total. The molecule has 17 heavy (non-hydrogen) atoms. The average Bonchev–Trinajstić information content (AvgIpc) is 2.70. The Morgan fingerprint density at radius 3 is 2.94 bits per heavy atom. The molecule has 1 aliphatic rings. The van der Waals surface area contributed by atoms with Gasteiger partial charge >= 0.3 is 6.09 Å². The van der Waals surface area contributed by atoms with Gasteiger partial charge in [-0.15, -0.1) is 0 Å². The Kier molecular flexibility index (Phi) is 3.54. The molecule has 5 heteroatoms. The van der Waals surface area contributed by atoms with Crippen LogP contribution >= 0.6 is 11.6 Å². The summed E-state index contributed by atoms with van der Waals surface area (Å²) in [5.74, 6) is 0.511. The number of likely N-dealkylation sites (tertiary alicyclic amines) is 1. The third kappa shape index (κ3) is 2.90. The monoisotopic (exact) mass is 254 g/mol. The second-order valence-corrected chi connectivity index (χ2v) is 4.68. The van der Waals surface area contributed by atoms with Gasteiger partial charge in [0.25, 0.3) is 0 Å². The van der Waals surface area contributed by atoms with Crippen LogP contribution in [0.3, 0.4) is 0 Å². The van der Waals surface area contributed by atoms with Gasteiger partial charge in [0.1, 0.15) is 5.75 Å². The van der Waals surface area contributed by atoms with Crippen molar-refractivity contribution in [1.82, 2.24) is 4.90 Å². The number of hydrogen-bond acceptors (Lipinski definition) is 3. The van der Waals surface area contributed by atoms with Crippen LogP contribution < -0.4 is 10.5 Å². The topological polar surface area (TPSA) is 55.6 Å². The summed E-state index contributed by atoms with van der Waals surface area (Å²) >= 11 is 5.90. The lowest BCUT2D eigenvalue weighted by Gasteiger charge is -2.15. The number of ether oxygens (including phenoxy) is 1. The molecule has 1 fully saturated rings. The standard InChI is InChI=1S/C12H15ClN2O2/c1-8-6-10(2-3-11(8)13)17-12(16)15-5-4-9(14)7-15/h2-3,6,9H,4-5,7,14H2,1H3. The van der Waals surface area contributed by atoms with Crippen molar-refractivity contribution in [1.29, 1.82) is 0 Å². The van der Waals surface area contributed by atoms with E-state index in [0.717, 1.165) is 12.0 Å². The number of hydrogen-bond donors (Lipinski definition) is 1. The van der Waals surface area contributed by atoms with Gasteiger partial charge in [0, 0.05) is 24.2 Å². The summed E-state index contributed by atoms with van der Waals surface area (Å²) < 4.78 is 5.26. The van der Waals surface area contributed by atoms with E-state index in [1.54, 1.807) is 23.1 Å². The Balaban J connectivity index is 2.00. The van der Waals surface area contributed by atoms with Crippen molar-refractivity contribution in [2.24, 2.45) is 5.73 Å². The summed E-state index contributed by atoms with van der Waals surface area (Å²) in [5, 5.41) is 0.660. The van der Waals surface area contributed by atoms with Gasteiger partial charge in [0.15, 0.2) is 0 Å². The summed E-state index contributed by atoms with van der Waals surface area (Å²) in [6, 6.07) is 5.21. The number of carbonyl (C=O) groups is 1. The van der Waals surface area contributed by atoms with Crippen LogP contribution in [-0.4, -0.2) is 30.1 Å². The van der Waals surface area contributed by atoms with Crippen molar-refractivity contribution in [2.75, 3.05) is 13.1 Å². The molecule has 2 rings (SSSR count). The molecule has 1 heterocycles. The molecule has 1 atom stereocenters. The molecule has 1 aromatic rings. The van der Waals surface area contributed by atoms with Gasteiger partial charge in [-0.05, 0) is 37.1 Å². The summed E-state index contributed by atoms with van der Waals surface area (Å²) in [4.78, 5) is 13.4. The van der Waals surface area contributed by atoms with Crippen LogP contribution in [0.2, 0.25) is 5.02 Å². The van der Waals surface area contributed by atoms with Gasteiger partial charge < -0.3 is 15.4 Å². The number of amides is 1. The van der Waals surface area contributed by atoms with Crippen LogP contribution in [0.5, 0.6) is 5.75 Å². The van der Waals surface area contributed by atoms with Crippen LogP contribution in [0.4, 0.5) is 4.79 Å². The van der Waals surface area contributed by atoms with Crippen molar-refractivity contribution in [3.63, 3.8) is 0 Å². The number of rotatable bonds is 1. The highest BCUT2D eigenvalue weighted by atomic mass is 35.5. The molecular formula is C12H15ClN2O2. The van der Waals surface area contributed by atoms with Crippen LogP contribution in [-0.2, 0) is 0 Å². The molecule has 0 saturated carbocycles. The van der Waals surface area contributed by atoms with Gasteiger partial charge in [0.2, 0.25) is 0 Å². The van der Waals surface area contributed by atoms with E-state index in [1.165, 1.54) is 0 Å². The fourth-order valence-corrected chi connectivity index (χ4v) is 1.92. The lowest BCUT2D eigenvalue weighted by atomic mass is 10.2. The fraction of sp³-hybridized carbons (Fsp3) is 0.417. The molecule has 1 aliphatic heterocycles. The Bertz CT molecular complexity index is 437. The molecule has 0 bridgehead atoms. The zero-order valence-corrected chi connectivity index (χ0v) is 10.4. The lowest BCUT2D eigenvalue weighted by Crippen LogP contribution is -2.33. The summed E-state index contributed by atoms with van der Waals surface area (Å²) in [6.45, 7) is 3.09. The first-order chi connectivity index (χ1) is 8.06. The van der Waals surface area contributed by atoms with Crippen molar-refractivity contribution in [3.05, 3.63) is 28.8 Å². The molecule has 1 saturated heterocycles. The first kappa shape index (κ1) is 12.2. The van der Waals surface area contributed by atoms with E-state index in [1.807, 2.05) is 6.92 Å². The van der Waals surface area contributed by atoms with E-state index in [9.17, 15) is 4.79 Å². The van der Waals surface area contributed by atoms with E-state index in [0.29, 0.717) is 23.9 Å². The normalized spacial score (nSPS) is 19.5. The molecule has 2 N–H and O–H groups in total. The number of nitrogens with zero attached hydrogens (tertiary/aromatic N) is 1.